The average Bonchev–Trinajstić information content (AvgIpc) is 3.21. The number of amides is 1. The fourth-order valence-corrected chi connectivity index (χ4v) is 3.44. The molecule has 1 aliphatic heterocycles. The van der Waals surface area contributed by atoms with E-state index < -0.39 is 0 Å². The zero-order valence-electron chi connectivity index (χ0n) is 13.3. The van der Waals surface area contributed by atoms with Crippen LogP contribution in [0.15, 0.2) is 21.2 Å². The number of rotatable bonds is 7. The summed E-state index contributed by atoms with van der Waals surface area (Å²) in [5, 5.41) is 3.01. The second kappa shape index (κ2) is 7.51. The van der Waals surface area contributed by atoms with Gasteiger partial charge in [-0.2, -0.15) is 0 Å². The number of ether oxygens (including phenoxy) is 1. The SMILES string of the molecule is COCCn1c(C(=O)NCCN2CCCC2)cc2oc(Br)cc21. The van der Waals surface area contributed by atoms with Gasteiger partial charge in [-0.3, -0.25) is 4.79 Å². The molecule has 0 radical (unpaired) electrons. The molecule has 3 rings (SSSR count). The van der Waals surface area contributed by atoms with Gasteiger partial charge in [-0.05, 0) is 41.9 Å². The molecule has 1 saturated heterocycles. The first kappa shape index (κ1) is 16.5. The minimum Gasteiger partial charge on any atom is -0.448 e. The molecular weight excluding hydrogens is 362 g/mol. The molecule has 2 aromatic heterocycles. The highest BCUT2D eigenvalue weighted by Crippen LogP contribution is 2.27. The van der Waals surface area contributed by atoms with Gasteiger partial charge in [-0.15, -0.1) is 0 Å². The van der Waals surface area contributed by atoms with E-state index in [-0.39, 0.29) is 5.91 Å². The summed E-state index contributed by atoms with van der Waals surface area (Å²) in [6, 6.07) is 3.67. The number of carbonyl (C=O) groups is 1. The van der Waals surface area contributed by atoms with Gasteiger partial charge >= 0.3 is 0 Å². The zero-order chi connectivity index (χ0) is 16.2. The fraction of sp³-hybridized carbons (Fsp3) is 0.562. The first-order valence-electron chi connectivity index (χ1n) is 7.97. The van der Waals surface area contributed by atoms with Gasteiger partial charge in [0, 0.05) is 38.9 Å². The Morgan fingerprint density at radius 1 is 1.35 bits per heavy atom. The van der Waals surface area contributed by atoms with Gasteiger partial charge in [-0.1, -0.05) is 0 Å². The predicted molar refractivity (Wildman–Crippen MR) is 91.8 cm³/mol. The first-order valence-corrected chi connectivity index (χ1v) is 8.76. The Labute approximate surface area is 143 Å². The molecule has 2 aromatic rings. The van der Waals surface area contributed by atoms with Crippen molar-refractivity contribution in [2.75, 3.05) is 39.9 Å². The van der Waals surface area contributed by atoms with Crippen molar-refractivity contribution in [3.05, 3.63) is 22.5 Å². The summed E-state index contributed by atoms with van der Waals surface area (Å²) in [4.78, 5) is 14.9. The van der Waals surface area contributed by atoms with Crippen molar-refractivity contribution in [3.63, 3.8) is 0 Å². The lowest BCUT2D eigenvalue weighted by Gasteiger charge is -2.15. The second-order valence-corrected chi connectivity index (χ2v) is 6.56. The number of halogens is 1. The summed E-state index contributed by atoms with van der Waals surface area (Å²) in [5.74, 6) is -0.0668. The second-order valence-electron chi connectivity index (χ2n) is 5.78. The molecule has 0 spiro atoms. The van der Waals surface area contributed by atoms with Crippen LogP contribution in [0, 0.1) is 0 Å². The standard InChI is InChI=1S/C16H22BrN3O3/c1-22-9-8-20-12-11-15(17)23-14(12)10-13(20)16(21)18-4-7-19-5-2-3-6-19/h10-11H,2-9H2,1H3,(H,18,21). The molecule has 7 heteroatoms. The Bertz CT molecular complexity index is 673. The molecule has 0 bridgehead atoms. The zero-order valence-corrected chi connectivity index (χ0v) is 14.9. The van der Waals surface area contributed by atoms with Gasteiger partial charge in [0.2, 0.25) is 0 Å². The van der Waals surface area contributed by atoms with Crippen molar-refractivity contribution in [1.82, 2.24) is 14.8 Å². The number of methoxy groups -OCH3 is 1. The Kier molecular flexibility index (Phi) is 5.40. The van der Waals surface area contributed by atoms with Crippen LogP contribution in [0.4, 0.5) is 0 Å². The highest BCUT2D eigenvalue weighted by atomic mass is 79.9. The van der Waals surface area contributed by atoms with Crippen LogP contribution in [-0.4, -0.2) is 55.3 Å². The lowest BCUT2D eigenvalue weighted by Crippen LogP contribution is -2.34. The smallest absolute Gasteiger partial charge is 0.268 e. The van der Waals surface area contributed by atoms with Gasteiger partial charge in [-0.25, -0.2) is 0 Å². The topological polar surface area (TPSA) is 59.6 Å². The number of aromatic nitrogens is 1. The van der Waals surface area contributed by atoms with Crippen LogP contribution in [0.2, 0.25) is 0 Å². The largest absolute Gasteiger partial charge is 0.448 e. The van der Waals surface area contributed by atoms with Crippen molar-refractivity contribution in [2.45, 2.75) is 19.4 Å². The maximum absolute atomic E-state index is 12.5. The van der Waals surface area contributed by atoms with E-state index in [1.54, 1.807) is 13.2 Å². The molecule has 23 heavy (non-hydrogen) atoms. The molecule has 0 unspecified atom stereocenters. The normalized spacial score (nSPS) is 15.6. The van der Waals surface area contributed by atoms with Crippen LogP contribution < -0.4 is 5.32 Å². The summed E-state index contributed by atoms with van der Waals surface area (Å²) in [6.45, 7) is 5.01. The maximum atomic E-state index is 12.5. The summed E-state index contributed by atoms with van der Waals surface area (Å²) < 4.78 is 13.3. The Hall–Kier alpha value is -1.31. The van der Waals surface area contributed by atoms with Crippen molar-refractivity contribution in [1.29, 1.82) is 0 Å². The van der Waals surface area contributed by atoms with E-state index in [1.165, 1.54) is 12.8 Å². The number of fused-ring (bicyclic) bond motifs is 1. The molecule has 0 atom stereocenters. The van der Waals surface area contributed by atoms with Crippen LogP contribution in [-0.2, 0) is 11.3 Å². The minimum atomic E-state index is -0.0668. The quantitative estimate of drug-likeness (QED) is 0.797. The number of hydrogen-bond donors (Lipinski definition) is 1. The van der Waals surface area contributed by atoms with E-state index in [0.29, 0.717) is 35.6 Å². The van der Waals surface area contributed by atoms with Gasteiger partial charge in [0.1, 0.15) is 5.69 Å². The van der Waals surface area contributed by atoms with E-state index in [9.17, 15) is 4.79 Å². The summed E-state index contributed by atoms with van der Waals surface area (Å²) in [7, 11) is 1.65. The molecule has 1 N–H and O–H groups in total. The molecule has 1 aliphatic rings. The van der Waals surface area contributed by atoms with Crippen LogP contribution in [0.3, 0.4) is 0 Å². The molecule has 3 heterocycles. The fourth-order valence-electron chi connectivity index (χ4n) is 3.05. The molecular formula is C16H22BrN3O3. The third kappa shape index (κ3) is 3.79. The molecule has 1 fully saturated rings. The highest BCUT2D eigenvalue weighted by Gasteiger charge is 2.19. The van der Waals surface area contributed by atoms with E-state index >= 15 is 0 Å². The van der Waals surface area contributed by atoms with Gasteiger partial charge < -0.3 is 23.9 Å². The lowest BCUT2D eigenvalue weighted by molar-refractivity contribution is 0.0938. The summed E-state index contributed by atoms with van der Waals surface area (Å²) in [6.07, 6.45) is 2.53. The van der Waals surface area contributed by atoms with E-state index in [1.807, 2.05) is 10.6 Å². The van der Waals surface area contributed by atoms with Crippen LogP contribution in [0.25, 0.3) is 11.1 Å². The van der Waals surface area contributed by atoms with E-state index in [4.69, 9.17) is 9.15 Å². The van der Waals surface area contributed by atoms with E-state index in [2.05, 4.69) is 26.1 Å². The monoisotopic (exact) mass is 383 g/mol. The Balaban J connectivity index is 1.69. The predicted octanol–water partition coefficient (Wildman–Crippen LogP) is 2.47. The van der Waals surface area contributed by atoms with Crippen LogP contribution in [0.5, 0.6) is 0 Å². The summed E-state index contributed by atoms with van der Waals surface area (Å²) in [5.41, 5.74) is 2.22. The molecule has 0 aliphatic carbocycles. The number of furan rings is 1. The molecule has 0 saturated carbocycles. The van der Waals surface area contributed by atoms with Gasteiger partial charge in [0.05, 0.1) is 12.1 Å². The number of nitrogens with one attached hydrogen (secondary N) is 1. The molecule has 1 amide bonds. The molecule has 6 nitrogen and oxygen atoms in total. The van der Waals surface area contributed by atoms with Crippen molar-refractivity contribution in [3.8, 4) is 0 Å². The number of nitrogens with zero attached hydrogens (tertiary/aromatic N) is 2. The third-order valence-electron chi connectivity index (χ3n) is 4.22. The summed E-state index contributed by atoms with van der Waals surface area (Å²) >= 11 is 3.33. The Morgan fingerprint density at radius 2 is 2.13 bits per heavy atom. The van der Waals surface area contributed by atoms with Crippen LogP contribution in [0.1, 0.15) is 23.3 Å². The number of carbonyl (C=O) groups excluding carboxylic acids is 1. The highest BCUT2D eigenvalue weighted by molar-refractivity contribution is 9.10. The average molecular weight is 384 g/mol. The first-order chi connectivity index (χ1) is 11.2. The van der Waals surface area contributed by atoms with Crippen molar-refractivity contribution in [2.24, 2.45) is 0 Å². The Morgan fingerprint density at radius 3 is 2.87 bits per heavy atom. The van der Waals surface area contributed by atoms with Gasteiger partial charge in [0.25, 0.3) is 5.91 Å². The molecule has 126 valence electrons. The number of likely N-dealkylation sites (tertiary alicyclic amines) is 1. The minimum absolute atomic E-state index is 0.0668. The number of hydrogen-bond acceptors (Lipinski definition) is 4. The van der Waals surface area contributed by atoms with Gasteiger partial charge in [0.15, 0.2) is 10.3 Å². The third-order valence-corrected chi connectivity index (χ3v) is 4.61. The van der Waals surface area contributed by atoms with Crippen LogP contribution >= 0.6 is 15.9 Å². The lowest BCUT2D eigenvalue weighted by atomic mass is 10.4. The van der Waals surface area contributed by atoms with Crippen molar-refractivity contribution >= 4 is 32.9 Å². The van der Waals surface area contributed by atoms with Crippen molar-refractivity contribution < 1.29 is 13.9 Å². The van der Waals surface area contributed by atoms with E-state index in [0.717, 1.165) is 25.2 Å². The molecule has 0 aromatic carbocycles. The maximum Gasteiger partial charge on any atom is 0.268 e.